The molecule has 0 aliphatic rings. The minimum Gasteiger partial charge on any atom is -0.478 e. The Morgan fingerprint density at radius 1 is 1.33 bits per heavy atom. The molecule has 1 N–H and O–H groups in total. The summed E-state index contributed by atoms with van der Waals surface area (Å²) in [5, 5.41) is 8.95. The van der Waals surface area contributed by atoms with E-state index in [4.69, 9.17) is 14.6 Å². The van der Waals surface area contributed by atoms with Crippen molar-refractivity contribution in [3.05, 3.63) is 29.8 Å². The molecule has 0 aliphatic carbocycles. The van der Waals surface area contributed by atoms with Crippen molar-refractivity contribution in [2.45, 2.75) is 26.4 Å². The molecule has 0 unspecified atom stereocenters. The zero-order chi connectivity index (χ0) is 13.8. The third-order valence-electron chi connectivity index (χ3n) is 2.23. The number of hydrogen-bond acceptors (Lipinski definition) is 4. The minimum atomic E-state index is -1.35. The average Bonchev–Trinajstić information content (AvgIpc) is 2.29. The van der Waals surface area contributed by atoms with Gasteiger partial charge in [-0.25, -0.2) is 9.59 Å². The van der Waals surface area contributed by atoms with Crippen molar-refractivity contribution in [3.8, 4) is 5.75 Å². The predicted octanol–water partition coefficient (Wildman–Crippen LogP) is 2.11. The summed E-state index contributed by atoms with van der Waals surface area (Å²) in [4.78, 5) is 22.4. The lowest BCUT2D eigenvalue weighted by molar-refractivity contribution is -0.152. The highest BCUT2D eigenvalue weighted by atomic mass is 16.5. The molecule has 1 aromatic rings. The summed E-state index contributed by atoms with van der Waals surface area (Å²) >= 11 is 0. The second kappa shape index (κ2) is 5.53. The van der Waals surface area contributed by atoms with Crippen LogP contribution in [0, 0.1) is 0 Å². The maximum absolute atomic E-state index is 11.5. The highest BCUT2D eigenvalue weighted by Gasteiger charge is 2.29. The van der Waals surface area contributed by atoms with Gasteiger partial charge in [0.1, 0.15) is 5.75 Å². The molecule has 0 amide bonds. The van der Waals surface area contributed by atoms with E-state index in [0.29, 0.717) is 11.3 Å². The SMILES string of the molecule is CCOC(=O)c1cccc(OC(C)(C)C(=O)O)c1. The molecule has 98 valence electrons. The lowest BCUT2D eigenvalue weighted by Crippen LogP contribution is -2.37. The quantitative estimate of drug-likeness (QED) is 0.812. The molecule has 18 heavy (non-hydrogen) atoms. The largest absolute Gasteiger partial charge is 0.478 e. The molecule has 0 radical (unpaired) electrons. The van der Waals surface area contributed by atoms with Gasteiger partial charge in [0, 0.05) is 0 Å². The van der Waals surface area contributed by atoms with Crippen molar-refractivity contribution in [1.29, 1.82) is 0 Å². The van der Waals surface area contributed by atoms with Crippen LogP contribution in [0.2, 0.25) is 0 Å². The molecule has 0 heterocycles. The van der Waals surface area contributed by atoms with Crippen LogP contribution < -0.4 is 4.74 Å². The van der Waals surface area contributed by atoms with Crippen LogP contribution in [0.3, 0.4) is 0 Å². The van der Waals surface area contributed by atoms with E-state index >= 15 is 0 Å². The van der Waals surface area contributed by atoms with Crippen LogP contribution in [0.4, 0.5) is 0 Å². The van der Waals surface area contributed by atoms with Crippen LogP contribution >= 0.6 is 0 Å². The number of benzene rings is 1. The van der Waals surface area contributed by atoms with Gasteiger partial charge in [-0.1, -0.05) is 6.07 Å². The Balaban J connectivity index is 2.89. The minimum absolute atomic E-state index is 0.282. The van der Waals surface area contributed by atoms with E-state index in [9.17, 15) is 9.59 Å². The normalized spacial score (nSPS) is 10.8. The lowest BCUT2D eigenvalue weighted by Gasteiger charge is -2.21. The first-order valence-electron chi connectivity index (χ1n) is 5.56. The van der Waals surface area contributed by atoms with Crippen LogP contribution in [0.5, 0.6) is 5.75 Å². The van der Waals surface area contributed by atoms with Gasteiger partial charge in [-0.05, 0) is 39.0 Å². The van der Waals surface area contributed by atoms with Crippen molar-refractivity contribution in [2.24, 2.45) is 0 Å². The molecule has 0 aliphatic heterocycles. The van der Waals surface area contributed by atoms with Crippen LogP contribution in [0.1, 0.15) is 31.1 Å². The number of carbonyl (C=O) groups excluding carboxylic acids is 1. The van der Waals surface area contributed by atoms with E-state index in [1.54, 1.807) is 25.1 Å². The standard InChI is InChI=1S/C13H16O5/c1-4-17-11(14)9-6-5-7-10(8-9)18-13(2,3)12(15)16/h5-8H,4H2,1-3H3,(H,15,16). The Kier molecular flexibility index (Phi) is 4.31. The number of aliphatic carboxylic acids is 1. The lowest BCUT2D eigenvalue weighted by atomic mass is 10.1. The third kappa shape index (κ3) is 3.48. The van der Waals surface area contributed by atoms with Crippen molar-refractivity contribution in [3.63, 3.8) is 0 Å². The zero-order valence-electron chi connectivity index (χ0n) is 10.6. The smallest absolute Gasteiger partial charge is 0.347 e. The number of carboxylic acid groups (broad SMARTS) is 1. The third-order valence-corrected chi connectivity index (χ3v) is 2.23. The topological polar surface area (TPSA) is 72.8 Å². The molecular formula is C13H16O5. The highest BCUT2D eigenvalue weighted by Crippen LogP contribution is 2.20. The molecule has 0 fully saturated rings. The second-order valence-corrected chi connectivity index (χ2v) is 4.17. The summed E-state index contributed by atoms with van der Waals surface area (Å²) in [7, 11) is 0. The second-order valence-electron chi connectivity index (χ2n) is 4.17. The Hall–Kier alpha value is -2.04. The number of carboxylic acids is 1. The van der Waals surface area contributed by atoms with Gasteiger partial charge < -0.3 is 14.6 Å². The summed E-state index contributed by atoms with van der Waals surface area (Å²) in [6, 6.07) is 6.24. The van der Waals surface area contributed by atoms with E-state index in [-0.39, 0.29) is 6.61 Å². The van der Waals surface area contributed by atoms with E-state index < -0.39 is 17.5 Å². The monoisotopic (exact) mass is 252 g/mol. The molecule has 5 heteroatoms. The van der Waals surface area contributed by atoms with E-state index in [2.05, 4.69) is 0 Å². The zero-order valence-corrected chi connectivity index (χ0v) is 10.6. The van der Waals surface area contributed by atoms with Gasteiger partial charge in [0.05, 0.1) is 12.2 Å². The van der Waals surface area contributed by atoms with Crippen molar-refractivity contribution < 1.29 is 24.2 Å². The highest BCUT2D eigenvalue weighted by molar-refractivity contribution is 5.89. The Morgan fingerprint density at radius 2 is 2.00 bits per heavy atom. The molecule has 0 aromatic heterocycles. The van der Waals surface area contributed by atoms with Gasteiger partial charge in [-0.3, -0.25) is 0 Å². The Bertz CT molecular complexity index is 450. The van der Waals surface area contributed by atoms with Gasteiger partial charge in [-0.15, -0.1) is 0 Å². The van der Waals surface area contributed by atoms with Crippen molar-refractivity contribution >= 4 is 11.9 Å². The van der Waals surface area contributed by atoms with Crippen molar-refractivity contribution in [1.82, 2.24) is 0 Å². The first-order chi connectivity index (χ1) is 8.36. The first-order valence-corrected chi connectivity index (χ1v) is 5.56. The molecule has 0 saturated carbocycles. The summed E-state index contributed by atoms with van der Waals surface area (Å²) < 4.78 is 10.2. The van der Waals surface area contributed by atoms with Gasteiger partial charge in [0.2, 0.25) is 0 Å². The summed E-state index contributed by atoms with van der Waals surface area (Å²) in [6.07, 6.45) is 0. The van der Waals surface area contributed by atoms with Crippen molar-refractivity contribution in [2.75, 3.05) is 6.61 Å². The van der Waals surface area contributed by atoms with Crippen LogP contribution in [-0.4, -0.2) is 29.3 Å². The van der Waals surface area contributed by atoms with Crippen LogP contribution in [0.25, 0.3) is 0 Å². The molecule has 1 rings (SSSR count). The van der Waals surface area contributed by atoms with E-state index in [0.717, 1.165) is 0 Å². The van der Waals surface area contributed by atoms with E-state index in [1.807, 2.05) is 0 Å². The number of carbonyl (C=O) groups is 2. The number of ether oxygens (including phenoxy) is 2. The molecule has 1 aromatic carbocycles. The maximum Gasteiger partial charge on any atom is 0.347 e. The molecule has 0 saturated heterocycles. The van der Waals surface area contributed by atoms with Gasteiger partial charge in [-0.2, -0.15) is 0 Å². The van der Waals surface area contributed by atoms with E-state index in [1.165, 1.54) is 19.9 Å². The molecule has 0 spiro atoms. The average molecular weight is 252 g/mol. The molecule has 0 bridgehead atoms. The Morgan fingerprint density at radius 3 is 2.56 bits per heavy atom. The van der Waals surface area contributed by atoms with Gasteiger partial charge in [0.15, 0.2) is 5.60 Å². The number of rotatable bonds is 5. The van der Waals surface area contributed by atoms with Gasteiger partial charge in [0.25, 0.3) is 0 Å². The fourth-order valence-corrected chi connectivity index (χ4v) is 1.24. The number of esters is 1. The summed E-state index contributed by atoms with van der Waals surface area (Å²) in [5.41, 5.74) is -1.02. The summed E-state index contributed by atoms with van der Waals surface area (Å²) in [5.74, 6) is -1.23. The fourth-order valence-electron chi connectivity index (χ4n) is 1.24. The summed E-state index contributed by atoms with van der Waals surface area (Å²) in [6.45, 7) is 4.87. The molecule has 5 nitrogen and oxygen atoms in total. The van der Waals surface area contributed by atoms with Crippen LogP contribution in [-0.2, 0) is 9.53 Å². The maximum atomic E-state index is 11.5. The molecule has 0 atom stereocenters. The predicted molar refractivity (Wildman–Crippen MR) is 64.7 cm³/mol. The first kappa shape index (κ1) is 14.0. The number of hydrogen-bond donors (Lipinski definition) is 1. The van der Waals surface area contributed by atoms with Crippen LogP contribution in [0.15, 0.2) is 24.3 Å². The molecular weight excluding hydrogens is 236 g/mol. The fraction of sp³-hybridized carbons (Fsp3) is 0.385. The van der Waals surface area contributed by atoms with Gasteiger partial charge >= 0.3 is 11.9 Å². The Labute approximate surface area is 105 Å².